The minimum atomic E-state index is -0.370. The molecule has 0 N–H and O–H groups in total. The van der Waals surface area contributed by atoms with Crippen molar-refractivity contribution in [2.24, 2.45) is 0 Å². The summed E-state index contributed by atoms with van der Waals surface area (Å²) in [6, 6.07) is 21.9. The summed E-state index contributed by atoms with van der Waals surface area (Å²) < 4.78 is 15.4. The van der Waals surface area contributed by atoms with Crippen molar-refractivity contribution in [2.75, 3.05) is 25.4 Å². The van der Waals surface area contributed by atoms with E-state index in [1.165, 1.54) is 29.8 Å². The summed E-state index contributed by atoms with van der Waals surface area (Å²) in [6.07, 6.45) is 1.13. The van der Waals surface area contributed by atoms with Gasteiger partial charge < -0.3 is 9.80 Å². The molecule has 1 atom stereocenters. The zero-order chi connectivity index (χ0) is 28.9. The maximum Gasteiger partial charge on any atom is 0.254 e. The number of hydrogen-bond acceptors (Lipinski definition) is 5. The van der Waals surface area contributed by atoms with Crippen LogP contribution in [0.4, 0.5) is 4.39 Å². The first-order valence-corrected chi connectivity index (χ1v) is 14.9. The lowest BCUT2D eigenvalue weighted by molar-refractivity contribution is -0.133. The predicted molar refractivity (Wildman–Crippen MR) is 160 cm³/mol. The lowest BCUT2D eigenvalue weighted by atomic mass is 10.1. The topological polar surface area (TPSA) is 71.3 Å². The molecule has 0 spiro atoms. The standard InChI is InChI=1S/C32H34FN5O2S/c1-22-10-12-25(13-11-22)30-34-35-32(38(30)28-8-5-4-7-23(28)2)41-20-6-9-29(39)36-18-19-37(24(3)21-36)31(40)26-14-16-27(33)17-15-26/h4-5,7-8,10-17,24H,6,9,18-21H2,1-3H3. The molecule has 4 aromatic rings. The van der Waals surface area contributed by atoms with E-state index in [4.69, 9.17) is 0 Å². The van der Waals surface area contributed by atoms with E-state index in [9.17, 15) is 14.0 Å². The van der Waals surface area contributed by atoms with Crippen LogP contribution in [0.25, 0.3) is 17.1 Å². The number of amides is 2. The van der Waals surface area contributed by atoms with Gasteiger partial charge in [-0.3, -0.25) is 14.2 Å². The van der Waals surface area contributed by atoms with E-state index in [2.05, 4.69) is 65.0 Å². The van der Waals surface area contributed by atoms with Crippen molar-refractivity contribution in [1.29, 1.82) is 0 Å². The Morgan fingerprint density at radius 3 is 2.39 bits per heavy atom. The molecule has 9 heteroatoms. The lowest BCUT2D eigenvalue weighted by Gasteiger charge is -2.40. The first-order valence-electron chi connectivity index (χ1n) is 13.9. The molecule has 41 heavy (non-hydrogen) atoms. The number of hydrogen-bond donors (Lipinski definition) is 0. The maximum absolute atomic E-state index is 13.3. The van der Waals surface area contributed by atoms with Crippen molar-refractivity contribution >= 4 is 23.6 Å². The molecule has 1 unspecified atom stereocenters. The van der Waals surface area contributed by atoms with Gasteiger partial charge in [0.25, 0.3) is 5.91 Å². The Morgan fingerprint density at radius 2 is 1.68 bits per heavy atom. The van der Waals surface area contributed by atoms with Crippen molar-refractivity contribution in [3.8, 4) is 17.1 Å². The van der Waals surface area contributed by atoms with Crippen LogP contribution in [0.2, 0.25) is 0 Å². The highest BCUT2D eigenvalue weighted by atomic mass is 32.2. The number of carbonyl (C=O) groups is 2. The average molecular weight is 572 g/mol. The largest absolute Gasteiger partial charge is 0.339 e. The van der Waals surface area contributed by atoms with Gasteiger partial charge in [-0.05, 0) is 63.1 Å². The van der Waals surface area contributed by atoms with Crippen molar-refractivity contribution in [3.63, 3.8) is 0 Å². The Bertz CT molecular complexity index is 1520. The molecule has 3 aromatic carbocycles. The van der Waals surface area contributed by atoms with Crippen LogP contribution in [-0.4, -0.2) is 67.8 Å². The van der Waals surface area contributed by atoms with Crippen LogP contribution in [0.1, 0.15) is 41.3 Å². The molecule has 2 amide bonds. The molecule has 212 valence electrons. The molecule has 0 bridgehead atoms. The molecule has 1 aliphatic rings. The normalized spacial score (nSPS) is 15.3. The molecule has 1 saturated heterocycles. The summed E-state index contributed by atoms with van der Waals surface area (Å²) >= 11 is 1.60. The van der Waals surface area contributed by atoms with Crippen LogP contribution >= 0.6 is 11.8 Å². The number of nitrogens with zero attached hydrogens (tertiary/aromatic N) is 5. The third kappa shape index (κ3) is 6.51. The quantitative estimate of drug-likeness (QED) is 0.194. The third-order valence-corrected chi connectivity index (χ3v) is 8.41. The highest BCUT2D eigenvalue weighted by Gasteiger charge is 2.30. The smallest absolute Gasteiger partial charge is 0.254 e. The van der Waals surface area contributed by atoms with Gasteiger partial charge in [0.15, 0.2) is 11.0 Å². The van der Waals surface area contributed by atoms with Gasteiger partial charge in [-0.2, -0.15) is 0 Å². The molecule has 5 rings (SSSR count). The Labute approximate surface area is 244 Å². The van der Waals surface area contributed by atoms with Crippen molar-refractivity contribution in [3.05, 3.63) is 95.3 Å². The summed E-state index contributed by atoms with van der Waals surface area (Å²) in [5.41, 5.74) is 4.81. The first-order chi connectivity index (χ1) is 19.8. The van der Waals surface area contributed by atoms with Crippen LogP contribution in [0.15, 0.2) is 78.0 Å². The molecule has 7 nitrogen and oxygen atoms in total. The Kier molecular flexibility index (Phi) is 8.83. The summed E-state index contributed by atoms with van der Waals surface area (Å²) in [4.78, 5) is 29.5. The van der Waals surface area contributed by atoms with Gasteiger partial charge in [-0.25, -0.2) is 4.39 Å². The van der Waals surface area contributed by atoms with Crippen LogP contribution in [0, 0.1) is 19.7 Å². The van der Waals surface area contributed by atoms with E-state index in [0.717, 1.165) is 33.5 Å². The minimum Gasteiger partial charge on any atom is -0.339 e. The maximum atomic E-state index is 13.3. The minimum absolute atomic E-state index is 0.0899. The van der Waals surface area contributed by atoms with Crippen molar-refractivity contribution in [2.45, 2.75) is 44.8 Å². The summed E-state index contributed by atoms with van der Waals surface area (Å²) in [5.74, 6) is 1.10. The second kappa shape index (κ2) is 12.7. The van der Waals surface area contributed by atoms with Gasteiger partial charge in [0.2, 0.25) is 5.91 Å². The number of halogens is 1. The van der Waals surface area contributed by atoms with Gasteiger partial charge in [-0.15, -0.1) is 10.2 Å². The number of piperazine rings is 1. The first kappa shape index (κ1) is 28.5. The zero-order valence-electron chi connectivity index (χ0n) is 23.6. The fraction of sp³-hybridized carbons (Fsp3) is 0.312. The molecular formula is C32H34FN5O2S. The number of rotatable bonds is 8. The molecule has 0 saturated carbocycles. The highest BCUT2D eigenvalue weighted by molar-refractivity contribution is 7.99. The number of carbonyl (C=O) groups excluding carboxylic acids is 2. The fourth-order valence-electron chi connectivity index (χ4n) is 5.07. The Hall–Kier alpha value is -3.98. The number of thioether (sulfide) groups is 1. The van der Waals surface area contributed by atoms with Gasteiger partial charge in [-0.1, -0.05) is 59.8 Å². The third-order valence-electron chi connectivity index (χ3n) is 7.40. The Balaban J connectivity index is 1.19. The van der Waals surface area contributed by atoms with Gasteiger partial charge in [0, 0.05) is 49.0 Å². The van der Waals surface area contributed by atoms with E-state index in [-0.39, 0.29) is 23.7 Å². The molecule has 1 aromatic heterocycles. The summed E-state index contributed by atoms with van der Waals surface area (Å²) in [7, 11) is 0. The number of benzene rings is 3. The van der Waals surface area contributed by atoms with Crippen molar-refractivity contribution in [1.82, 2.24) is 24.6 Å². The number of aryl methyl sites for hydroxylation is 2. The van der Waals surface area contributed by atoms with Crippen LogP contribution < -0.4 is 0 Å². The molecule has 2 heterocycles. The second-order valence-electron chi connectivity index (χ2n) is 10.4. The molecule has 1 fully saturated rings. The van der Waals surface area contributed by atoms with Crippen molar-refractivity contribution < 1.29 is 14.0 Å². The monoisotopic (exact) mass is 571 g/mol. The van der Waals surface area contributed by atoms with E-state index in [0.29, 0.717) is 38.0 Å². The van der Waals surface area contributed by atoms with E-state index in [1.807, 2.05) is 24.0 Å². The fourth-order valence-corrected chi connectivity index (χ4v) is 5.96. The number of para-hydroxylation sites is 1. The van der Waals surface area contributed by atoms with E-state index in [1.54, 1.807) is 16.7 Å². The second-order valence-corrected chi connectivity index (χ2v) is 11.5. The van der Waals surface area contributed by atoms with Gasteiger partial charge in [0.05, 0.1) is 5.69 Å². The zero-order valence-corrected chi connectivity index (χ0v) is 24.4. The van der Waals surface area contributed by atoms with E-state index < -0.39 is 0 Å². The van der Waals surface area contributed by atoms with Crippen LogP contribution in [0.5, 0.6) is 0 Å². The van der Waals surface area contributed by atoms with Crippen LogP contribution in [-0.2, 0) is 4.79 Å². The molecule has 0 radical (unpaired) electrons. The van der Waals surface area contributed by atoms with Gasteiger partial charge in [0.1, 0.15) is 5.82 Å². The highest BCUT2D eigenvalue weighted by Crippen LogP contribution is 2.30. The average Bonchev–Trinajstić information content (AvgIpc) is 3.39. The molecular weight excluding hydrogens is 537 g/mol. The predicted octanol–water partition coefficient (Wildman–Crippen LogP) is 5.94. The Morgan fingerprint density at radius 1 is 0.951 bits per heavy atom. The van der Waals surface area contributed by atoms with E-state index >= 15 is 0 Å². The number of aromatic nitrogens is 3. The molecule has 0 aliphatic carbocycles. The lowest BCUT2D eigenvalue weighted by Crippen LogP contribution is -2.55. The summed E-state index contributed by atoms with van der Waals surface area (Å²) in [5, 5.41) is 9.86. The summed E-state index contributed by atoms with van der Waals surface area (Å²) in [6.45, 7) is 7.52. The van der Waals surface area contributed by atoms with Crippen LogP contribution in [0.3, 0.4) is 0 Å². The SMILES string of the molecule is Cc1ccc(-c2nnc(SCCCC(=O)N3CCN(C(=O)c4ccc(F)cc4)C(C)C3)n2-c2ccccc2C)cc1. The van der Waals surface area contributed by atoms with Gasteiger partial charge >= 0.3 is 0 Å². The molecule has 1 aliphatic heterocycles.